The first-order valence-electron chi connectivity index (χ1n) is 7.48. The van der Waals surface area contributed by atoms with E-state index in [1.807, 2.05) is 7.05 Å². The van der Waals surface area contributed by atoms with Crippen LogP contribution in [0.5, 0.6) is 0 Å². The van der Waals surface area contributed by atoms with E-state index in [0.717, 1.165) is 31.8 Å². The van der Waals surface area contributed by atoms with Gasteiger partial charge in [0, 0.05) is 6.04 Å². The molecule has 1 unspecified atom stereocenters. The van der Waals surface area contributed by atoms with Crippen LogP contribution in [0.25, 0.3) is 0 Å². The Morgan fingerprint density at radius 1 is 1.33 bits per heavy atom. The summed E-state index contributed by atoms with van der Waals surface area (Å²) < 4.78 is 0. The lowest BCUT2D eigenvalue weighted by Gasteiger charge is -2.32. The van der Waals surface area contributed by atoms with Crippen molar-refractivity contribution in [1.82, 2.24) is 10.2 Å². The van der Waals surface area contributed by atoms with E-state index in [1.165, 1.54) is 32.1 Å². The van der Waals surface area contributed by atoms with Gasteiger partial charge in [-0.1, -0.05) is 26.2 Å². The van der Waals surface area contributed by atoms with Crippen LogP contribution in [-0.2, 0) is 0 Å². The monoisotopic (exact) mass is 251 g/mol. The van der Waals surface area contributed by atoms with E-state index in [2.05, 4.69) is 30.3 Å². The lowest BCUT2D eigenvalue weighted by Crippen LogP contribution is -2.42. The van der Waals surface area contributed by atoms with E-state index >= 15 is 0 Å². The van der Waals surface area contributed by atoms with Crippen molar-refractivity contribution in [3.05, 3.63) is 0 Å². The zero-order valence-corrected chi connectivity index (χ0v) is 12.3. The maximum absolute atomic E-state index is 9.26. The average molecular weight is 251 g/mol. The molecular weight excluding hydrogens is 222 g/mol. The standard InChI is InChI=1S/C15H29N3/c1-4-15(13-16,17-2)11-8-12-18(3)14-9-6-5-7-10-14/h14,17H,4-12H2,1-3H3. The molecule has 0 bridgehead atoms. The van der Waals surface area contributed by atoms with E-state index in [1.54, 1.807) is 0 Å². The van der Waals surface area contributed by atoms with Gasteiger partial charge in [0.15, 0.2) is 0 Å². The Kier molecular flexibility index (Phi) is 6.67. The van der Waals surface area contributed by atoms with E-state index in [0.29, 0.717) is 0 Å². The van der Waals surface area contributed by atoms with Crippen molar-refractivity contribution in [1.29, 1.82) is 5.26 Å². The summed E-state index contributed by atoms with van der Waals surface area (Å²) in [7, 11) is 4.15. The van der Waals surface area contributed by atoms with Crippen LogP contribution in [0.1, 0.15) is 58.3 Å². The van der Waals surface area contributed by atoms with Crippen LogP contribution in [-0.4, -0.2) is 37.1 Å². The second-order valence-electron chi connectivity index (χ2n) is 5.67. The van der Waals surface area contributed by atoms with Crippen molar-refractivity contribution in [3.8, 4) is 6.07 Å². The highest BCUT2D eigenvalue weighted by Gasteiger charge is 2.25. The fourth-order valence-corrected chi connectivity index (χ4v) is 3.00. The summed E-state index contributed by atoms with van der Waals surface area (Å²) in [6.07, 6.45) is 9.86. The Labute approximate surface area is 113 Å². The van der Waals surface area contributed by atoms with Crippen LogP contribution in [0.15, 0.2) is 0 Å². The van der Waals surface area contributed by atoms with E-state index in [4.69, 9.17) is 0 Å². The Hall–Kier alpha value is -0.590. The van der Waals surface area contributed by atoms with Crippen molar-refractivity contribution >= 4 is 0 Å². The molecule has 0 radical (unpaired) electrons. The molecule has 0 saturated heterocycles. The summed E-state index contributed by atoms with van der Waals surface area (Å²) in [5, 5.41) is 12.5. The molecule has 1 N–H and O–H groups in total. The summed E-state index contributed by atoms with van der Waals surface area (Å²) in [4.78, 5) is 2.51. The van der Waals surface area contributed by atoms with Crippen molar-refractivity contribution in [3.63, 3.8) is 0 Å². The van der Waals surface area contributed by atoms with Crippen LogP contribution >= 0.6 is 0 Å². The van der Waals surface area contributed by atoms with Gasteiger partial charge in [-0.05, 0) is 52.7 Å². The molecule has 0 aromatic rings. The summed E-state index contributed by atoms with van der Waals surface area (Å²) in [5.74, 6) is 0. The van der Waals surface area contributed by atoms with Gasteiger partial charge >= 0.3 is 0 Å². The molecule has 0 spiro atoms. The molecular formula is C15H29N3. The lowest BCUT2D eigenvalue weighted by molar-refractivity contribution is 0.184. The fourth-order valence-electron chi connectivity index (χ4n) is 3.00. The number of nitrogens with one attached hydrogen (secondary N) is 1. The third-order valence-corrected chi connectivity index (χ3v) is 4.61. The van der Waals surface area contributed by atoms with Gasteiger partial charge in [-0.25, -0.2) is 0 Å². The molecule has 0 aliphatic heterocycles. The Morgan fingerprint density at radius 3 is 2.50 bits per heavy atom. The second kappa shape index (κ2) is 7.76. The highest BCUT2D eigenvalue weighted by Crippen LogP contribution is 2.22. The van der Waals surface area contributed by atoms with Gasteiger partial charge in [-0.2, -0.15) is 5.26 Å². The molecule has 0 aromatic carbocycles. The number of hydrogen-bond donors (Lipinski definition) is 1. The van der Waals surface area contributed by atoms with Gasteiger partial charge in [0.05, 0.1) is 6.07 Å². The van der Waals surface area contributed by atoms with Gasteiger partial charge in [0.1, 0.15) is 5.54 Å². The first-order chi connectivity index (χ1) is 8.67. The number of nitriles is 1. The minimum absolute atomic E-state index is 0.312. The molecule has 104 valence electrons. The van der Waals surface area contributed by atoms with Gasteiger partial charge in [0.2, 0.25) is 0 Å². The minimum atomic E-state index is -0.312. The van der Waals surface area contributed by atoms with E-state index < -0.39 is 0 Å². The Morgan fingerprint density at radius 2 is 2.00 bits per heavy atom. The maximum atomic E-state index is 9.26. The van der Waals surface area contributed by atoms with Crippen LogP contribution < -0.4 is 5.32 Å². The molecule has 0 heterocycles. The molecule has 18 heavy (non-hydrogen) atoms. The van der Waals surface area contributed by atoms with Gasteiger partial charge < -0.3 is 10.2 Å². The Balaban J connectivity index is 2.29. The third-order valence-electron chi connectivity index (χ3n) is 4.61. The first-order valence-corrected chi connectivity index (χ1v) is 7.48. The van der Waals surface area contributed by atoms with E-state index in [9.17, 15) is 5.26 Å². The molecule has 1 rings (SSSR count). The zero-order valence-electron chi connectivity index (χ0n) is 12.3. The lowest BCUT2D eigenvalue weighted by atomic mass is 9.91. The SMILES string of the molecule is CCC(C#N)(CCCN(C)C1CCCCC1)NC. The van der Waals surface area contributed by atoms with Crippen LogP contribution in [0.3, 0.4) is 0 Å². The zero-order chi connectivity index (χ0) is 13.4. The molecule has 1 fully saturated rings. The largest absolute Gasteiger partial charge is 0.303 e. The second-order valence-corrected chi connectivity index (χ2v) is 5.67. The molecule has 1 aliphatic carbocycles. The molecule has 1 aliphatic rings. The summed E-state index contributed by atoms with van der Waals surface area (Å²) in [6.45, 7) is 3.21. The third kappa shape index (κ3) is 4.26. The average Bonchev–Trinajstić information content (AvgIpc) is 2.45. The van der Waals surface area contributed by atoms with Crippen molar-refractivity contribution in [2.24, 2.45) is 0 Å². The molecule has 3 nitrogen and oxygen atoms in total. The smallest absolute Gasteiger partial charge is 0.106 e. The van der Waals surface area contributed by atoms with Crippen molar-refractivity contribution in [2.45, 2.75) is 69.9 Å². The number of nitrogens with zero attached hydrogens (tertiary/aromatic N) is 2. The minimum Gasteiger partial charge on any atom is -0.303 e. The summed E-state index contributed by atoms with van der Waals surface area (Å²) in [6, 6.07) is 3.22. The van der Waals surface area contributed by atoms with Crippen LogP contribution in [0.2, 0.25) is 0 Å². The molecule has 1 atom stereocenters. The number of rotatable bonds is 7. The van der Waals surface area contributed by atoms with Gasteiger partial charge in [-0.3, -0.25) is 0 Å². The highest BCUT2D eigenvalue weighted by atomic mass is 15.1. The van der Waals surface area contributed by atoms with Crippen LogP contribution in [0.4, 0.5) is 0 Å². The molecule has 0 amide bonds. The van der Waals surface area contributed by atoms with Gasteiger partial charge in [0.25, 0.3) is 0 Å². The van der Waals surface area contributed by atoms with E-state index in [-0.39, 0.29) is 5.54 Å². The topological polar surface area (TPSA) is 39.1 Å². The first kappa shape index (κ1) is 15.5. The fraction of sp³-hybridized carbons (Fsp3) is 0.933. The molecule has 1 saturated carbocycles. The predicted molar refractivity (Wildman–Crippen MR) is 76.4 cm³/mol. The van der Waals surface area contributed by atoms with Crippen molar-refractivity contribution in [2.75, 3.05) is 20.6 Å². The normalized spacial score (nSPS) is 20.6. The maximum Gasteiger partial charge on any atom is 0.106 e. The summed E-state index contributed by atoms with van der Waals surface area (Å²) in [5.41, 5.74) is -0.312. The van der Waals surface area contributed by atoms with Crippen molar-refractivity contribution < 1.29 is 0 Å². The predicted octanol–water partition coefficient (Wildman–Crippen LogP) is 2.92. The summed E-state index contributed by atoms with van der Waals surface area (Å²) >= 11 is 0. The van der Waals surface area contributed by atoms with Crippen LogP contribution in [0, 0.1) is 11.3 Å². The molecule has 3 heteroatoms. The highest BCUT2D eigenvalue weighted by molar-refractivity contribution is 5.05. The molecule has 0 aromatic heterocycles. The Bertz CT molecular complexity index is 259. The van der Waals surface area contributed by atoms with Gasteiger partial charge in [-0.15, -0.1) is 0 Å². The number of hydrogen-bond acceptors (Lipinski definition) is 3. The quantitative estimate of drug-likeness (QED) is 0.756.